The molecule has 0 aliphatic carbocycles. The maximum Gasteiger partial charge on any atom is 0.303 e. The summed E-state index contributed by atoms with van der Waals surface area (Å²) in [4.78, 5) is 10.4. The van der Waals surface area contributed by atoms with Gasteiger partial charge in [-0.2, -0.15) is 0 Å². The van der Waals surface area contributed by atoms with Crippen molar-refractivity contribution in [1.29, 1.82) is 0 Å². The third-order valence-corrected chi connectivity index (χ3v) is 5.69. The number of aliphatic carboxylic acids is 1. The SMILES string of the molecule is CC/C=C\CC(O)/C=C/C=C\C/C=C\C/C=C\C/C=C\CCCCCCCCCCCCC(=O)O. The molecule has 0 amide bonds. The van der Waals surface area contributed by atoms with E-state index in [1.54, 1.807) is 0 Å². The van der Waals surface area contributed by atoms with Crippen molar-refractivity contribution in [3.05, 3.63) is 72.9 Å². The molecule has 0 saturated carbocycles. The number of carbonyl (C=O) groups is 1. The Morgan fingerprint density at radius 1 is 0.629 bits per heavy atom. The molecule has 35 heavy (non-hydrogen) atoms. The molecule has 0 rings (SSSR count). The number of hydrogen-bond acceptors (Lipinski definition) is 2. The molecular formula is C32H52O3. The van der Waals surface area contributed by atoms with Gasteiger partial charge in [0.05, 0.1) is 6.10 Å². The van der Waals surface area contributed by atoms with Gasteiger partial charge in [-0.1, -0.05) is 131 Å². The Kier molecular flexibility index (Phi) is 26.4. The molecule has 198 valence electrons. The van der Waals surface area contributed by atoms with Gasteiger partial charge in [0, 0.05) is 6.42 Å². The normalized spacial score (nSPS) is 13.7. The highest BCUT2D eigenvalue weighted by atomic mass is 16.4. The zero-order valence-corrected chi connectivity index (χ0v) is 22.3. The van der Waals surface area contributed by atoms with Crippen LogP contribution < -0.4 is 0 Å². The molecule has 0 spiro atoms. The average molecular weight is 485 g/mol. The second kappa shape index (κ2) is 28.1. The van der Waals surface area contributed by atoms with Crippen LogP contribution in [0.15, 0.2) is 72.9 Å². The minimum absolute atomic E-state index is 0.324. The number of aliphatic hydroxyl groups excluding tert-OH is 1. The van der Waals surface area contributed by atoms with Crippen LogP contribution in [-0.4, -0.2) is 22.3 Å². The topological polar surface area (TPSA) is 57.5 Å². The lowest BCUT2D eigenvalue weighted by atomic mass is 10.1. The van der Waals surface area contributed by atoms with E-state index in [1.165, 1.54) is 57.8 Å². The number of carboxylic acid groups (broad SMARTS) is 1. The predicted molar refractivity (Wildman–Crippen MR) is 153 cm³/mol. The lowest BCUT2D eigenvalue weighted by Crippen LogP contribution is -1.98. The Balaban J connectivity index is 3.44. The van der Waals surface area contributed by atoms with Crippen LogP contribution in [0, 0.1) is 0 Å². The van der Waals surface area contributed by atoms with Gasteiger partial charge in [0.15, 0.2) is 0 Å². The third kappa shape index (κ3) is 29.8. The fourth-order valence-corrected chi connectivity index (χ4v) is 3.62. The number of rotatable bonds is 24. The Morgan fingerprint density at radius 3 is 1.71 bits per heavy atom. The highest BCUT2D eigenvalue weighted by Crippen LogP contribution is 2.12. The summed E-state index contributed by atoms with van der Waals surface area (Å²) in [6, 6.07) is 0. The van der Waals surface area contributed by atoms with E-state index in [2.05, 4.69) is 55.5 Å². The molecule has 0 heterocycles. The van der Waals surface area contributed by atoms with Crippen LogP contribution in [0.1, 0.15) is 116 Å². The van der Waals surface area contributed by atoms with Gasteiger partial charge in [-0.05, 0) is 51.4 Å². The van der Waals surface area contributed by atoms with E-state index in [4.69, 9.17) is 5.11 Å². The summed E-state index contributed by atoms with van der Waals surface area (Å²) in [6.07, 6.45) is 43.3. The number of aliphatic hydroxyl groups is 1. The first-order valence-electron chi connectivity index (χ1n) is 14.0. The van der Waals surface area contributed by atoms with Gasteiger partial charge in [-0.3, -0.25) is 4.79 Å². The Labute approximate surface area is 216 Å². The zero-order valence-electron chi connectivity index (χ0n) is 22.3. The van der Waals surface area contributed by atoms with Gasteiger partial charge < -0.3 is 10.2 Å². The molecule has 3 heteroatoms. The number of hydrogen-bond donors (Lipinski definition) is 2. The lowest BCUT2D eigenvalue weighted by molar-refractivity contribution is -0.137. The highest BCUT2D eigenvalue weighted by molar-refractivity contribution is 5.66. The van der Waals surface area contributed by atoms with Crippen LogP contribution in [0.25, 0.3) is 0 Å². The minimum Gasteiger partial charge on any atom is -0.481 e. The van der Waals surface area contributed by atoms with E-state index in [0.717, 1.165) is 38.5 Å². The van der Waals surface area contributed by atoms with Crippen molar-refractivity contribution in [3.8, 4) is 0 Å². The van der Waals surface area contributed by atoms with E-state index in [9.17, 15) is 9.90 Å². The van der Waals surface area contributed by atoms with Crippen molar-refractivity contribution in [2.24, 2.45) is 0 Å². The van der Waals surface area contributed by atoms with E-state index in [0.29, 0.717) is 12.8 Å². The van der Waals surface area contributed by atoms with Gasteiger partial charge in [-0.15, -0.1) is 0 Å². The molecule has 1 unspecified atom stereocenters. The Bertz CT molecular complexity index is 637. The molecular weight excluding hydrogens is 432 g/mol. The van der Waals surface area contributed by atoms with Crippen LogP contribution >= 0.6 is 0 Å². The van der Waals surface area contributed by atoms with Crippen molar-refractivity contribution in [2.75, 3.05) is 0 Å². The van der Waals surface area contributed by atoms with Crippen LogP contribution in [0.2, 0.25) is 0 Å². The molecule has 0 saturated heterocycles. The van der Waals surface area contributed by atoms with Crippen LogP contribution in [-0.2, 0) is 4.79 Å². The minimum atomic E-state index is -0.668. The molecule has 0 radical (unpaired) electrons. The first-order chi connectivity index (χ1) is 17.2. The molecule has 0 bridgehead atoms. The smallest absolute Gasteiger partial charge is 0.303 e. The van der Waals surface area contributed by atoms with Gasteiger partial charge in [-0.25, -0.2) is 0 Å². The summed E-state index contributed by atoms with van der Waals surface area (Å²) in [5, 5.41) is 18.4. The molecule has 3 nitrogen and oxygen atoms in total. The van der Waals surface area contributed by atoms with Crippen molar-refractivity contribution < 1.29 is 15.0 Å². The van der Waals surface area contributed by atoms with E-state index >= 15 is 0 Å². The molecule has 0 fully saturated rings. The fraction of sp³-hybridized carbons (Fsp3) is 0.594. The summed E-state index contributed by atoms with van der Waals surface area (Å²) in [5.74, 6) is -0.668. The monoisotopic (exact) mass is 484 g/mol. The average Bonchev–Trinajstić information content (AvgIpc) is 2.84. The maximum atomic E-state index is 10.4. The second-order valence-electron chi connectivity index (χ2n) is 9.09. The summed E-state index contributed by atoms with van der Waals surface area (Å²) in [6.45, 7) is 2.09. The van der Waals surface area contributed by atoms with Gasteiger partial charge >= 0.3 is 5.97 Å². The number of unbranched alkanes of at least 4 members (excludes halogenated alkanes) is 10. The van der Waals surface area contributed by atoms with Crippen molar-refractivity contribution in [2.45, 2.75) is 122 Å². The van der Waals surface area contributed by atoms with Crippen molar-refractivity contribution in [3.63, 3.8) is 0 Å². The molecule has 1 atom stereocenters. The largest absolute Gasteiger partial charge is 0.481 e. The fourth-order valence-electron chi connectivity index (χ4n) is 3.62. The maximum absolute atomic E-state index is 10.4. The summed E-state index contributed by atoms with van der Waals surface area (Å²) < 4.78 is 0. The molecule has 0 aromatic heterocycles. The van der Waals surface area contributed by atoms with Crippen molar-refractivity contribution in [1.82, 2.24) is 0 Å². The number of allylic oxidation sites excluding steroid dienone is 10. The van der Waals surface area contributed by atoms with Crippen LogP contribution in [0.4, 0.5) is 0 Å². The first-order valence-corrected chi connectivity index (χ1v) is 14.0. The van der Waals surface area contributed by atoms with Gasteiger partial charge in [0.25, 0.3) is 0 Å². The predicted octanol–water partition coefficient (Wildman–Crippen LogP) is 9.42. The Morgan fingerprint density at radius 2 is 1.14 bits per heavy atom. The molecule has 0 aromatic carbocycles. The van der Waals surface area contributed by atoms with E-state index < -0.39 is 12.1 Å². The lowest BCUT2D eigenvalue weighted by Gasteiger charge is -2.01. The Hall–Kier alpha value is -2.13. The molecule has 2 N–H and O–H groups in total. The van der Waals surface area contributed by atoms with Crippen LogP contribution in [0.5, 0.6) is 0 Å². The molecule has 0 aromatic rings. The first kappa shape index (κ1) is 32.9. The highest BCUT2D eigenvalue weighted by Gasteiger charge is 1.97. The molecule has 0 aliphatic rings. The summed E-state index contributed by atoms with van der Waals surface area (Å²) in [7, 11) is 0. The molecule has 0 aliphatic heterocycles. The van der Waals surface area contributed by atoms with E-state index in [1.807, 2.05) is 24.3 Å². The van der Waals surface area contributed by atoms with Crippen molar-refractivity contribution >= 4 is 5.97 Å². The summed E-state index contributed by atoms with van der Waals surface area (Å²) >= 11 is 0. The second-order valence-corrected chi connectivity index (χ2v) is 9.09. The standard InChI is InChI=1S/C32H52O3/c1-2-3-25-28-31(33)29-26-23-21-19-17-15-13-11-9-7-5-4-6-8-10-12-14-16-18-20-22-24-27-30-32(34)35/h3-5,9,11,15,17,21,23,25-26,29,31,33H,2,6-8,10,12-14,16,18-20,22,24,27-28,30H2,1H3,(H,34,35)/b5-4-,11-9-,17-15-,23-21-,25-3-,29-26+. The van der Waals surface area contributed by atoms with E-state index in [-0.39, 0.29) is 0 Å². The van der Waals surface area contributed by atoms with Gasteiger partial charge in [0.1, 0.15) is 0 Å². The van der Waals surface area contributed by atoms with Crippen LogP contribution in [0.3, 0.4) is 0 Å². The van der Waals surface area contributed by atoms with Gasteiger partial charge in [0.2, 0.25) is 0 Å². The third-order valence-electron chi connectivity index (χ3n) is 5.69. The summed E-state index contributed by atoms with van der Waals surface area (Å²) in [5.41, 5.74) is 0. The quantitative estimate of drug-likeness (QED) is 0.0814. The number of carboxylic acids is 1. The zero-order chi connectivity index (χ0) is 25.7.